The van der Waals surface area contributed by atoms with Crippen molar-refractivity contribution in [2.75, 3.05) is 62.6 Å². The standard InChI is InChI=1S/C27H35N7O/c35-27(30-26-11-13-29-34(26)21-23-7-2-1-3-8-23)22-32-14-6-9-24(20-32)19-31-15-17-33(18-16-31)25-10-4-5-12-28-25/h1-5,7-8,10-13,24H,6,9,14-22H2,(H,30,35). The highest BCUT2D eigenvalue weighted by atomic mass is 16.2. The number of rotatable bonds is 8. The topological polar surface area (TPSA) is 69.5 Å². The average molecular weight is 474 g/mol. The van der Waals surface area contributed by atoms with Crippen molar-refractivity contribution in [2.24, 2.45) is 5.92 Å². The molecule has 184 valence electrons. The van der Waals surface area contributed by atoms with Crippen LogP contribution in [0.2, 0.25) is 0 Å². The van der Waals surface area contributed by atoms with Crippen LogP contribution in [0.5, 0.6) is 0 Å². The first-order valence-electron chi connectivity index (χ1n) is 12.7. The van der Waals surface area contributed by atoms with Gasteiger partial charge in [0.05, 0.1) is 19.3 Å². The van der Waals surface area contributed by atoms with Gasteiger partial charge in [-0.15, -0.1) is 0 Å². The number of hydrogen-bond acceptors (Lipinski definition) is 6. The zero-order chi connectivity index (χ0) is 23.9. The first-order chi connectivity index (χ1) is 17.2. The van der Waals surface area contributed by atoms with Crippen LogP contribution in [0.15, 0.2) is 67.0 Å². The average Bonchev–Trinajstić information content (AvgIpc) is 3.32. The van der Waals surface area contributed by atoms with Crippen molar-refractivity contribution in [1.29, 1.82) is 0 Å². The van der Waals surface area contributed by atoms with E-state index in [1.54, 1.807) is 6.20 Å². The van der Waals surface area contributed by atoms with Gasteiger partial charge in [-0.25, -0.2) is 9.67 Å². The maximum absolute atomic E-state index is 12.8. The molecule has 2 aliphatic rings. The van der Waals surface area contributed by atoms with Gasteiger partial charge < -0.3 is 10.2 Å². The molecule has 1 aromatic carbocycles. The van der Waals surface area contributed by atoms with Crippen molar-refractivity contribution in [3.63, 3.8) is 0 Å². The molecule has 0 spiro atoms. The Bertz CT molecular complexity index is 1060. The fraction of sp³-hybridized carbons (Fsp3) is 0.444. The number of hydrogen-bond donors (Lipinski definition) is 1. The molecule has 2 aromatic heterocycles. The van der Waals surface area contributed by atoms with Crippen LogP contribution in [0.4, 0.5) is 11.6 Å². The summed E-state index contributed by atoms with van der Waals surface area (Å²) in [5.41, 5.74) is 1.16. The lowest BCUT2D eigenvalue weighted by Crippen LogP contribution is -2.50. The summed E-state index contributed by atoms with van der Waals surface area (Å²) < 4.78 is 1.84. The molecule has 5 rings (SSSR count). The molecule has 1 atom stereocenters. The van der Waals surface area contributed by atoms with E-state index in [2.05, 4.69) is 54.4 Å². The number of carbonyl (C=O) groups is 1. The Kier molecular flexibility index (Phi) is 7.70. The minimum Gasteiger partial charge on any atom is -0.354 e. The van der Waals surface area contributed by atoms with Gasteiger partial charge in [0.15, 0.2) is 0 Å². The van der Waals surface area contributed by atoms with Gasteiger partial charge in [0.2, 0.25) is 5.91 Å². The molecule has 35 heavy (non-hydrogen) atoms. The summed E-state index contributed by atoms with van der Waals surface area (Å²) in [6, 6.07) is 18.2. The Morgan fingerprint density at radius 1 is 0.914 bits per heavy atom. The van der Waals surface area contributed by atoms with E-state index in [1.165, 1.54) is 6.42 Å². The van der Waals surface area contributed by atoms with Crippen LogP contribution in [-0.2, 0) is 11.3 Å². The molecule has 3 aromatic rings. The zero-order valence-electron chi connectivity index (χ0n) is 20.3. The summed E-state index contributed by atoms with van der Waals surface area (Å²) >= 11 is 0. The van der Waals surface area contributed by atoms with Crippen LogP contribution in [0.1, 0.15) is 18.4 Å². The van der Waals surface area contributed by atoms with Crippen molar-refractivity contribution < 1.29 is 4.79 Å². The van der Waals surface area contributed by atoms with Crippen molar-refractivity contribution in [2.45, 2.75) is 19.4 Å². The molecule has 2 fully saturated rings. The fourth-order valence-electron chi connectivity index (χ4n) is 5.22. The summed E-state index contributed by atoms with van der Waals surface area (Å²) in [5.74, 6) is 2.47. The van der Waals surface area contributed by atoms with Gasteiger partial charge in [0, 0.05) is 51.5 Å². The van der Waals surface area contributed by atoms with Gasteiger partial charge in [-0.3, -0.25) is 14.6 Å². The first-order valence-corrected chi connectivity index (χ1v) is 12.7. The second-order valence-corrected chi connectivity index (χ2v) is 9.63. The van der Waals surface area contributed by atoms with Gasteiger partial charge in [0.1, 0.15) is 11.6 Å². The molecule has 4 heterocycles. The van der Waals surface area contributed by atoms with Crippen molar-refractivity contribution in [1.82, 2.24) is 24.6 Å². The minimum absolute atomic E-state index is 0.0319. The lowest BCUT2D eigenvalue weighted by Gasteiger charge is -2.39. The van der Waals surface area contributed by atoms with E-state index in [0.29, 0.717) is 19.0 Å². The van der Waals surface area contributed by atoms with Crippen LogP contribution in [0.3, 0.4) is 0 Å². The number of anilines is 2. The van der Waals surface area contributed by atoms with E-state index in [-0.39, 0.29) is 5.91 Å². The normalized spacial score (nSPS) is 19.5. The fourth-order valence-corrected chi connectivity index (χ4v) is 5.22. The third kappa shape index (κ3) is 6.46. The van der Waals surface area contributed by atoms with Crippen molar-refractivity contribution in [3.8, 4) is 0 Å². The smallest absolute Gasteiger partial charge is 0.239 e. The lowest BCUT2D eigenvalue weighted by atomic mass is 9.97. The molecule has 2 saturated heterocycles. The molecule has 1 amide bonds. The number of aromatic nitrogens is 3. The number of carbonyl (C=O) groups excluding carboxylic acids is 1. The van der Waals surface area contributed by atoms with Crippen molar-refractivity contribution in [3.05, 3.63) is 72.6 Å². The highest BCUT2D eigenvalue weighted by molar-refractivity contribution is 5.91. The molecule has 0 radical (unpaired) electrons. The summed E-state index contributed by atoms with van der Waals surface area (Å²) in [5, 5.41) is 7.46. The predicted octanol–water partition coefficient (Wildman–Crippen LogP) is 2.80. The summed E-state index contributed by atoms with van der Waals surface area (Å²) in [6.45, 7) is 8.33. The number of amides is 1. The monoisotopic (exact) mass is 473 g/mol. The second-order valence-electron chi connectivity index (χ2n) is 9.63. The number of nitrogens with zero attached hydrogens (tertiary/aromatic N) is 6. The minimum atomic E-state index is 0.0319. The molecule has 0 aliphatic carbocycles. The molecular weight excluding hydrogens is 438 g/mol. The van der Waals surface area contributed by atoms with E-state index in [9.17, 15) is 4.79 Å². The number of benzene rings is 1. The number of piperazine rings is 1. The van der Waals surface area contributed by atoms with Crippen LogP contribution < -0.4 is 10.2 Å². The van der Waals surface area contributed by atoms with Crippen molar-refractivity contribution >= 4 is 17.5 Å². The largest absolute Gasteiger partial charge is 0.354 e. The Hall–Kier alpha value is -3.23. The molecule has 8 nitrogen and oxygen atoms in total. The van der Waals surface area contributed by atoms with Crippen LogP contribution >= 0.6 is 0 Å². The van der Waals surface area contributed by atoms with E-state index in [1.807, 2.05) is 41.2 Å². The SMILES string of the molecule is O=C(CN1CCCC(CN2CCN(c3ccccn3)CC2)C1)Nc1ccnn1Cc1ccccc1. The maximum atomic E-state index is 12.8. The van der Waals surface area contributed by atoms with Crippen LogP contribution in [0, 0.1) is 5.92 Å². The lowest BCUT2D eigenvalue weighted by molar-refractivity contribution is -0.117. The summed E-state index contributed by atoms with van der Waals surface area (Å²) in [4.78, 5) is 24.6. The number of likely N-dealkylation sites (tertiary alicyclic amines) is 1. The molecule has 8 heteroatoms. The predicted molar refractivity (Wildman–Crippen MR) is 138 cm³/mol. The second kappa shape index (κ2) is 11.5. The number of nitrogens with one attached hydrogen (secondary N) is 1. The van der Waals surface area contributed by atoms with Gasteiger partial charge >= 0.3 is 0 Å². The Balaban J connectivity index is 1.07. The van der Waals surface area contributed by atoms with Gasteiger partial charge in [0.25, 0.3) is 0 Å². The molecular formula is C27H35N7O. The quantitative estimate of drug-likeness (QED) is 0.543. The van der Waals surface area contributed by atoms with E-state index in [0.717, 1.165) is 69.4 Å². The Morgan fingerprint density at radius 2 is 1.74 bits per heavy atom. The number of piperidine rings is 1. The Labute approximate surface area is 207 Å². The highest BCUT2D eigenvalue weighted by Gasteiger charge is 2.26. The molecule has 2 aliphatic heterocycles. The molecule has 1 unspecified atom stereocenters. The van der Waals surface area contributed by atoms with E-state index >= 15 is 0 Å². The van der Waals surface area contributed by atoms with Gasteiger partial charge in [-0.05, 0) is 43.0 Å². The third-order valence-electron chi connectivity index (χ3n) is 6.99. The summed E-state index contributed by atoms with van der Waals surface area (Å²) in [6.07, 6.45) is 5.99. The molecule has 0 saturated carbocycles. The maximum Gasteiger partial charge on any atom is 0.239 e. The zero-order valence-corrected chi connectivity index (χ0v) is 20.3. The number of pyridine rings is 1. The van der Waals surface area contributed by atoms with Crippen LogP contribution in [0.25, 0.3) is 0 Å². The van der Waals surface area contributed by atoms with Gasteiger partial charge in [-0.2, -0.15) is 5.10 Å². The molecule has 0 bridgehead atoms. The third-order valence-corrected chi connectivity index (χ3v) is 6.99. The summed E-state index contributed by atoms with van der Waals surface area (Å²) in [7, 11) is 0. The van der Waals surface area contributed by atoms with E-state index in [4.69, 9.17) is 0 Å². The van der Waals surface area contributed by atoms with E-state index < -0.39 is 0 Å². The highest BCUT2D eigenvalue weighted by Crippen LogP contribution is 2.20. The van der Waals surface area contributed by atoms with Crippen LogP contribution in [-0.4, -0.2) is 82.8 Å². The van der Waals surface area contributed by atoms with Gasteiger partial charge in [-0.1, -0.05) is 36.4 Å². The Morgan fingerprint density at radius 3 is 2.54 bits per heavy atom. The molecule has 1 N–H and O–H groups in total. The first kappa shape index (κ1) is 23.5.